The minimum Gasteiger partial charge on any atom is -0.365 e. The maximum absolute atomic E-state index is 4.17. The minimum atomic E-state index is 0.208. The molecule has 2 unspecified atom stereocenters. The third kappa shape index (κ3) is 7.74. The van der Waals surface area contributed by atoms with E-state index < -0.39 is 0 Å². The average molecular weight is 662 g/mol. The fraction of sp³-hybridized carbons (Fsp3) is 0.160. The summed E-state index contributed by atoms with van der Waals surface area (Å²) in [6.45, 7) is 9.39. The van der Waals surface area contributed by atoms with E-state index in [9.17, 15) is 0 Å². The van der Waals surface area contributed by atoms with Gasteiger partial charge < -0.3 is 4.90 Å². The molecule has 6 aromatic carbocycles. The predicted molar refractivity (Wildman–Crippen MR) is 222 cm³/mol. The monoisotopic (exact) mass is 661 g/mol. The summed E-state index contributed by atoms with van der Waals surface area (Å²) >= 11 is 0. The topological polar surface area (TPSA) is 3.24 Å². The van der Waals surface area contributed by atoms with Gasteiger partial charge >= 0.3 is 0 Å². The molecule has 7 rings (SSSR count). The maximum Gasteiger partial charge on any atom is 0.0517 e. The van der Waals surface area contributed by atoms with E-state index in [-0.39, 0.29) is 6.04 Å². The highest BCUT2D eigenvalue weighted by Crippen LogP contribution is 2.38. The van der Waals surface area contributed by atoms with Gasteiger partial charge in [0, 0.05) is 12.2 Å². The summed E-state index contributed by atoms with van der Waals surface area (Å²) < 4.78 is 0. The Balaban J connectivity index is 1.24. The molecular weight excluding hydrogens is 615 g/mol. The smallest absolute Gasteiger partial charge is 0.0517 e. The Kier molecular flexibility index (Phi) is 10.6. The van der Waals surface area contributed by atoms with E-state index in [4.69, 9.17) is 0 Å². The lowest BCUT2D eigenvalue weighted by atomic mass is 9.85. The minimum absolute atomic E-state index is 0.208. The van der Waals surface area contributed by atoms with Crippen LogP contribution in [0.15, 0.2) is 176 Å². The number of hydrogen-bond donors (Lipinski definition) is 0. The zero-order valence-electron chi connectivity index (χ0n) is 29.9. The van der Waals surface area contributed by atoms with Gasteiger partial charge in [-0.05, 0) is 118 Å². The van der Waals surface area contributed by atoms with Crippen LogP contribution in [0.4, 0.5) is 5.69 Å². The number of anilines is 1. The Morgan fingerprint density at radius 2 is 1.39 bits per heavy atom. The lowest BCUT2D eigenvalue weighted by Gasteiger charge is -2.36. The summed E-state index contributed by atoms with van der Waals surface area (Å²) in [5.41, 5.74) is 13.0. The first-order chi connectivity index (χ1) is 25.1. The van der Waals surface area contributed by atoms with E-state index in [0.717, 1.165) is 25.8 Å². The molecule has 252 valence electrons. The van der Waals surface area contributed by atoms with E-state index >= 15 is 0 Å². The van der Waals surface area contributed by atoms with Crippen LogP contribution >= 0.6 is 0 Å². The van der Waals surface area contributed by atoms with Crippen molar-refractivity contribution < 1.29 is 0 Å². The standard InChI is InChI=1S/C50H47N/c1-4-14-38(45-23-22-37(3)43(34-45)15-5-2)32-33-51(47-28-26-40(27-29-47)46-25-24-39-16-12-13-21-44(39)35-46)48-30-31-49(41-17-8-6-9-18-41)50(36-48)42-19-10-7-11-20-42/h4-13,15-31,34-35,38,48H,1,14,32-33,36H2,2-3H3/b15-5-. The molecule has 6 aromatic rings. The highest BCUT2D eigenvalue weighted by Gasteiger charge is 2.25. The maximum atomic E-state index is 4.17. The van der Waals surface area contributed by atoms with Gasteiger partial charge in [-0.2, -0.15) is 0 Å². The van der Waals surface area contributed by atoms with Crippen LogP contribution in [0.1, 0.15) is 59.9 Å². The molecule has 0 saturated carbocycles. The number of fused-ring (bicyclic) bond motifs is 1. The first kappa shape index (κ1) is 33.8. The van der Waals surface area contributed by atoms with Crippen LogP contribution in [0.25, 0.3) is 39.1 Å². The Morgan fingerprint density at radius 1 is 0.706 bits per heavy atom. The Morgan fingerprint density at radius 3 is 2.12 bits per heavy atom. The summed E-state index contributed by atoms with van der Waals surface area (Å²) in [6, 6.07) is 53.6. The molecule has 1 heteroatoms. The summed E-state index contributed by atoms with van der Waals surface area (Å²) in [4.78, 5) is 2.64. The van der Waals surface area contributed by atoms with Gasteiger partial charge in [-0.25, -0.2) is 0 Å². The number of nitrogens with zero attached hydrogens (tertiary/aromatic N) is 1. The summed E-state index contributed by atoms with van der Waals surface area (Å²) in [6.07, 6.45) is 14.1. The zero-order chi connectivity index (χ0) is 35.0. The van der Waals surface area contributed by atoms with E-state index in [1.54, 1.807) is 0 Å². The predicted octanol–water partition coefficient (Wildman–Crippen LogP) is 13.3. The van der Waals surface area contributed by atoms with E-state index in [0.29, 0.717) is 5.92 Å². The number of rotatable bonds is 12. The van der Waals surface area contributed by atoms with Crippen molar-refractivity contribution in [1.29, 1.82) is 0 Å². The second-order valence-electron chi connectivity index (χ2n) is 13.7. The van der Waals surface area contributed by atoms with Crippen molar-refractivity contribution in [2.45, 2.75) is 45.1 Å². The van der Waals surface area contributed by atoms with Gasteiger partial charge in [0.1, 0.15) is 0 Å². The highest BCUT2D eigenvalue weighted by molar-refractivity contribution is 5.97. The second kappa shape index (κ2) is 15.9. The summed E-state index contributed by atoms with van der Waals surface area (Å²) in [5, 5.41) is 2.54. The number of aryl methyl sites for hydroxylation is 1. The fourth-order valence-corrected chi connectivity index (χ4v) is 7.60. The van der Waals surface area contributed by atoms with Crippen LogP contribution in [0.5, 0.6) is 0 Å². The van der Waals surface area contributed by atoms with Crippen molar-refractivity contribution in [1.82, 2.24) is 0 Å². The molecule has 1 aliphatic rings. The van der Waals surface area contributed by atoms with Gasteiger partial charge in [0.2, 0.25) is 0 Å². The van der Waals surface area contributed by atoms with Crippen LogP contribution in [0.2, 0.25) is 0 Å². The number of hydrogen-bond acceptors (Lipinski definition) is 1. The van der Waals surface area contributed by atoms with E-state index in [2.05, 4.69) is 201 Å². The zero-order valence-corrected chi connectivity index (χ0v) is 29.9. The molecule has 0 spiro atoms. The highest BCUT2D eigenvalue weighted by atomic mass is 15.2. The number of benzene rings is 6. The van der Waals surface area contributed by atoms with Crippen LogP contribution in [-0.4, -0.2) is 12.6 Å². The van der Waals surface area contributed by atoms with Crippen LogP contribution in [0, 0.1) is 6.92 Å². The lowest BCUT2D eigenvalue weighted by molar-refractivity contribution is 0.587. The number of allylic oxidation sites excluding steroid dienone is 4. The van der Waals surface area contributed by atoms with Crippen molar-refractivity contribution in [3.63, 3.8) is 0 Å². The third-order valence-electron chi connectivity index (χ3n) is 10.4. The molecule has 1 nitrogen and oxygen atoms in total. The van der Waals surface area contributed by atoms with Gasteiger partial charge in [-0.1, -0.05) is 158 Å². The van der Waals surface area contributed by atoms with Crippen LogP contribution in [0.3, 0.4) is 0 Å². The van der Waals surface area contributed by atoms with Gasteiger partial charge in [0.15, 0.2) is 0 Å². The molecule has 51 heavy (non-hydrogen) atoms. The molecule has 1 aliphatic carbocycles. The average Bonchev–Trinajstić information content (AvgIpc) is 3.19. The molecule has 0 saturated heterocycles. The fourth-order valence-electron chi connectivity index (χ4n) is 7.60. The molecule has 0 radical (unpaired) electrons. The molecule has 0 aliphatic heterocycles. The Bertz CT molecular complexity index is 2180. The van der Waals surface area contributed by atoms with Crippen molar-refractivity contribution in [2.24, 2.45) is 0 Å². The SMILES string of the molecule is C=CCC(CCN(c1ccc(-c2ccc3ccccc3c2)cc1)C1C=CC(c2ccccc2)=C(c2ccccc2)C1)c1ccc(C)c(/C=C\C)c1. The lowest BCUT2D eigenvalue weighted by Crippen LogP contribution is -2.36. The molecule has 2 atom stereocenters. The molecular formula is C50H47N. The normalized spacial score (nSPS) is 15.0. The Labute approximate surface area is 304 Å². The molecule has 0 fully saturated rings. The second-order valence-corrected chi connectivity index (χ2v) is 13.7. The van der Waals surface area contributed by atoms with Crippen molar-refractivity contribution in [3.05, 3.63) is 204 Å². The molecule has 0 heterocycles. The molecule has 0 amide bonds. The van der Waals surface area contributed by atoms with Gasteiger partial charge in [0.25, 0.3) is 0 Å². The molecule has 0 bridgehead atoms. The van der Waals surface area contributed by atoms with E-state index in [1.165, 1.54) is 66.6 Å². The van der Waals surface area contributed by atoms with E-state index in [1.807, 2.05) is 0 Å². The van der Waals surface area contributed by atoms with Crippen molar-refractivity contribution in [3.8, 4) is 11.1 Å². The van der Waals surface area contributed by atoms with Gasteiger partial charge in [0.05, 0.1) is 6.04 Å². The van der Waals surface area contributed by atoms with Crippen LogP contribution in [-0.2, 0) is 0 Å². The Hall–Kier alpha value is -5.66. The first-order valence-corrected chi connectivity index (χ1v) is 18.3. The van der Waals surface area contributed by atoms with Crippen molar-refractivity contribution in [2.75, 3.05) is 11.4 Å². The summed E-state index contributed by atoms with van der Waals surface area (Å²) in [5.74, 6) is 0.378. The van der Waals surface area contributed by atoms with Gasteiger partial charge in [-0.15, -0.1) is 6.58 Å². The molecule has 0 aromatic heterocycles. The van der Waals surface area contributed by atoms with Crippen molar-refractivity contribution >= 4 is 33.7 Å². The quantitative estimate of drug-likeness (QED) is 0.118. The first-order valence-electron chi connectivity index (χ1n) is 18.3. The largest absolute Gasteiger partial charge is 0.365 e. The third-order valence-corrected chi connectivity index (χ3v) is 10.4. The van der Waals surface area contributed by atoms with Gasteiger partial charge in [-0.3, -0.25) is 0 Å². The molecule has 0 N–H and O–H groups in total. The summed E-state index contributed by atoms with van der Waals surface area (Å²) in [7, 11) is 0. The van der Waals surface area contributed by atoms with Crippen LogP contribution < -0.4 is 4.90 Å².